The molecule has 1 aliphatic heterocycles. The zero-order chi connectivity index (χ0) is 14.7. The highest BCUT2D eigenvalue weighted by atomic mass is 16.5. The number of amides is 1. The second-order valence-electron chi connectivity index (χ2n) is 6.42. The third-order valence-corrected chi connectivity index (χ3v) is 4.67. The van der Waals surface area contributed by atoms with Crippen LogP contribution in [0.2, 0.25) is 0 Å². The Morgan fingerprint density at radius 3 is 2.95 bits per heavy atom. The molecule has 5 heteroatoms. The number of aromatic amines is 1. The molecule has 1 aliphatic carbocycles. The van der Waals surface area contributed by atoms with Gasteiger partial charge in [0.05, 0.1) is 12.7 Å². The summed E-state index contributed by atoms with van der Waals surface area (Å²) in [4.78, 5) is 14.3. The van der Waals surface area contributed by atoms with E-state index in [0.717, 1.165) is 18.0 Å². The molecule has 1 saturated heterocycles. The fourth-order valence-corrected chi connectivity index (χ4v) is 3.53. The summed E-state index contributed by atoms with van der Waals surface area (Å²) in [7, 11) is 0. The normalized spacial score (nSPS) is 24.2. The van der Waals surface area contributed by atoms with Crippen molar-refractivity contribution < 1.29 is 9.53 Å². The van der Waals surface area contributed by atoms with E-state index < -0.39 is 0 Å². The lowest BCUT2D eigenvalue weighted by Crippen LogP contribution is -2.46. The van der Waals surface area contributed by atoms with Gasteiger partial charge in [0.25, 0.3) is 5.91 Å². The van der Waals surface area contributed by atoms with Crippen molar-refractivity contribution in [2.75, 3.05) is 19.7 Å². The van der Waals surface area contributed by atoms with Gasteiger partial charge in [0, 0.05) is 18.8 Å². The Morgan fingerprint density at radius 1 is 1.43 bits per heavy atom. The Kier molecular flexibility index (Phi) is 4.58. The summed E-state index contributed by atoms with van der Waals surface area (Å²) in [6, 6.07) is 1.81. The minimum atomic E-state index is 0.0243. The van der Waals surface area contributed by atoms with Crippen LogP contribution in [0.15, 0.2) is 6.07 Å². The molecule has 2 fully saturated rings. The Morgan fingerprint density at radius 2 is 2.24 bits per heavy atom. The first-order valence-electron chi connectivity index (χ1n) is 8.15. The minimum absolute atomic E-state index is 0.0243. The minimum Gasteiger partial charge on any atom is -0.375 e. The molecule has 1 aromatic heterocycles. The first kappa shape index (κ1) is 14.6. The van der Waals surface area contributed by atoms with Crippen molar-refractivity contribution in [2.45, 2.75) is 51.6 Å². The Labute approximate surface area is 126 Å². The lowest BCUT2D eigenvalue weighted by molar-refractivity contribution is -0.0338. The summed E-state index contributed by atoms with van der Waals surface area (Å²) >= 11 is 0. The van der Waals surface area contributed by atoms with E-state index in [4.69, 9.17) is 4.74 Å². The molecule has 3 rings (SSSR count). The third-order valence-electron chi connectivity index (χ3n) is 4.67. The molecule has 0 unspecified atom stereocenters. The van der Waals surface area contributed by atoms with E-state index in [1.165, 1.54) is 32.1 Å². The molecule has 1 N–H and O–H groups in total. The van der Waals surface area contributed by atoms with Crippen molar-refractivity contribution in [1.82, 2.24) is 15.1 Å². The number of aryl methyl sites for hydroxylation is 1. The molecule has 0 spiro atoms. The smallest absolute Gasteiger partial charge is 0.274 e. The van der Waals surface area contributed by atoms with Gasteiger partial charge in [-0.15, -0.1) is 0 Å². The highest BCUT2D eigenvalue weighted by Crippen LogP contribution is 2.29. The topological polar surface area (TPSA) is 58.2 Å². The highest BCUT2D eigenvalue weighted by Gasteiger charge is 2.28. The number of hydrogen-bond donors (Lipinski definition) is 1. The van der Waals surface area contributed by atoms with Crippen molar-refractivity contribution in [3.8, 4) is 0 Å². The number of carbonyl (C=O) groups is 1. The number of carbonyl (C=O) groups excluding carboxylic acids is 1. The fourth-order valence-electron chi connectivity index (χ4n) is 3.53. The van der Waals surface area contributed by atoms with Crippen molar-refractivity contribution in [3.63, 3.8) is 0 Å². The van der Waals surface area contributed by atoms with Crippen molar-refractivity contribution in [2.24, 2.45) is 5.92 Å². The molecular weight excluding hydrogens is 266 g/mol. The largest absolute Gasteiger partial charge is 0.375 e. The van der Waals surface area contributed by atoms with E-state index in [-0.39, 0.29) is 12.0 Å². The van der Waals surface area contributed by atoms with Crippen LogP contribution in [0.5, 0.6) is 0 Å². The molecule has 0 aromatic carbocycles. The number of ether oxygens (including phenoxy) is 1. The fraction of sp³-hybridized carbons (Fsp3) is 0.750. The van der Waals surface area contributed by atoms with Crippen LogP contribution in [0.1, 0.15) is 54.7 Å². The molecule has 0 radical (unpaired) electrons. The number of H-pyrrole nitrogens is 1. The number of aromatic nitrogens is 2. The van der Waals surface area contributed by atoms with E-state index in [9.17, 15) is 4.79 Å². The summed E-state index contributed by atoms with van der Waals surface area (Å²) in [6.45, 7) is 3.94. The lowest BCUT2D eigenvalue weighted by Gasteiger charge is -2.35. The van der Waals surface area contributed by atoms with Gasteiger partial charge in [0.1, 0.15) is 5.69 Å². The number of nitrogens with one attached hydrogen (secondary N) is 1. The van der Waals surface area contributed by atoms with Crippen LogP contribution in [0, 0.1) is 12.8 Å². The third kappa shape index (κ3) is 3.64. The summed E-state index contributed by atoms with van der Waals surface area (Å²) in [5, 5.41) is 6.91. The zero-order valence-electron chi connectivity index (χ0n) is 12.8. The van der Waals surface area contributed by atoms with E-state index in [1.54, 1.807) is 0 Å². The second-order valence-corrected chi connectivity index (χ2v) is 6.42. The van der Waals surface area contributed by atoms with Crippen molar-refractivity contribution >= 4 is 5.91 Å². The quantitative estimate of drug-likeness (QED) is 0.931. The standard InChI is InChI=1S/C16H25N3O2/c1-12-9-15(18-17-12)16(20)19-7-8-21-14(11-19)10-13-5-3-2-4-6-13/h9,13-14H,2-8,10-11H2,1H3,(H,17,18)/t14-/m1/s1. The van der Waals surface area contributed by atoms with E-state index in [2.05, 4.69) is 10.2 Å². The van der Waals surface area contributed by atoms with Gasteiger partial charge in [-0.05, 0) is 25.3 Å². The first-order chi connectivity index (χ1) is 10.2. The number of hydrogen-bond acceptors (Lipinski definition) is 3. The number of nitrogens with zero attached hydrogens (tertiary/aromatic N) is 2. The van der Waals surface area contributed by atoms with Crippen LogP contribution in [0.25, 0.3) is 0 Å². The lowest BCUT2D eigenvalue weighted by atomic mass is 9.85. The van der Waals surface area contributed by atoms with Gasteiger partial charge in [0.2, 0.25) is 0 Å². The molecule has 1 saturated carbocycles. The number of morpholine rings is 1. The molecule has 1 aromatic rings. The van der Waals surface area contributed by atoms with E-state index >= 15 is 0 Å². The maximum Gasteiger partial charge on any atom is 0.274 e. The van der Waals surface area contributed by atoms with Crippen LogP contribution >= 0.6 is 0 Å². The van der Waals surface area contributed by atoms with Crippen LogP contribution < -0.4 is 0 Å². The average molecular weight is 291 g/mol. The van der Waals surface area contributed by atoms with E-state index in [0.29, 0.717) is 25.4 Å². The summed E-state index contributed by atoms with van der Waals surface area (Å²) in [5.74, 6) is 0.808. The van der Waals surface area contributed by atoms with Gasteiger partial charge in [-0.2, -0.15) is 5.10 Å². The maximum absolute atomic E-state index is 12.4. The molecule has 1 atom stereocenters. The summed E-state index contributed by atoms with van der Waals surface area (Å²) in [6.07, 6.45) is 8.04. The molecular formula is C16H25N3O2. The molecule has 1 amide bonds. The van der Waals surface area contributed by atoms with Gasteiger partial charge in [-0.3, -0.25) is 9.89 Å². The van der Waals surface area contributed by atoms with E-state index in [1.807, 2.05) is 17.9 Å². The summed E-state index contributed by atoms with van der Waals surface area (Å²) < 4.78 is 5.88. The SMILES string of the molecule is Cc1cc(C(=O)N2CCO[C@H](CC3CCCCC3)C2)n[nH]1. The van der Waals surface area contributed by atoms with Crippen molar-refractivity contribution in [1.29, 1.82) is 0 Å². The second kappa shape index (κ2) is 6.60. The van der Waals surface area contributed by atoms with Crippen LogP contribution in [-0.4, -0.2) is 46.8 Å². The average Bonchev–Trinajstić information content (AvgIpc) is 2.94. The molecule has 116 valence electrons. The molecule has 5 nitrogen and oxygen atoms in total. The van der Waals surface area contributed by atoms with Crippen LogP contribution in [0.3, 0.4) is 0 Å². The van der Waals surface area contributed by atoms with Gasteiger partial charge in [-0.25, -0.2) is 0 Å². The Hall–Kier alpha value is -1.36. The zero-order valence-corrected chi connectivity index (χ0v) is 12.8. The molecule has 0 bridgehead atoms. The first-order valence-corrected chi connectivity index (χ1v) is 8.15. The van der Waals surface area contributed by atoms with Gasteiger partial charge >= 0.3 is 0 Å². The maximum atomic E-state index is 12.4. The molecule has 2 aliphatic rings. The Balaban J connectivity index is 1.56. The van der Waals surface area contributed by atoms with Gasteiger partial charge in [0.15, 0.2) is 0 Å². The molecule has 2 heterocycles. The van der Waals surface area contributed by atoms with Gasteiger partial charge in [-0.1, -0.05) is 32.1 Å². The predicted molar refractivity (Wildman–Crippen MR) is 80.2 cm³/mol. The number of rotatable bonds is 3. The molecule has 21 heavy (non-hydrogen) atoms. The monoisotopic (exact) mass is 291 g/mol. The van der Waals surface area contributed by atoms with Crippen LogP contribution in [0.4, 0.5) is 0 Å². The van der Waals surface area contributed by atoms with Crippen LogP contribution in [-0.2, 0) is 4.74 Å². The van der Waals surface area contributed by atoms with Crippen molar-refractivity contribution in [3.05, 3.63) is 17.5 Å². The summed E-state index contributed by atoms with van der Waals surface area (Å²) in [5.41, 5.74) is 1.44. The highest BCUT2D eigenvalue weighted by molar-refractivity contribution is 5.92. The van der Waals surface area contributed by atoms with Gasteiger partial charge < -0.3 is 9.64 Å². The predicted octanol–water partition coefficient (Wildman–Crippen LogP) is 2.53. The Bertz CT molecular complexity index is 480.